The number of aliphatic hydroxyl groups is 2. The Balaban J connectivity index is 1.83. The van der Waals surface area contributed by atoms with Crippen LogP contribution in [-0.4, -0.2) is 39.3 Å². The number of carbonyl (C=O) groups is 2. The number of hydrogen-bond donors (Lipinski definition) is 2. The second-order valence-electron chi connectivity index (χ2n) is 8.70. The number of ether oxygens (including phenoxy) is 1. The topological polar surface area (TPSA) is 83.8 Å². The third kappa shape index (κ3) is 1.98. The summed E-state index contributed by atoms with van der Waals surface area (Å²) in [6, 6.07) is 0. The minimum absolute atomic E-state index is 0.0634. The summed E-state index contributed by atoms with van der Waals surface area (Å²) in [5.74, 6) is -0.541. The zero-order valence-corrected chi connectivity index (χ0v) is 13.8. The van der Waals surface area contributed by atoms with Crippen molar-refractivity contribution in [2.24, 2.45) is 23.2 Å². The highest BCUT2D eigenvalue weighted by molar-refractivity contribution is 5.80. The van der Waals surface area contributed by atoms with E-state index in [1.807, 2.05) is 0 Å². The molecule has 3 saturated carbocycles. The minimum atomic E-state index is -1.03. The Hall–Kier alpha value is -0.940. The van der Waals surface area contributed by atoms with Crippen LogP contribution in [0.1, 0.15) is 53.4 Å². The predicted octanol–water partition coefficient (Wildman–Crippen LogP) is 1.45. The van der Waals surface area contributed by atoms with Crippen LogP contribution in [0.3, 0.4) is 0 Å². The van der Waals surface area contributed by atoms with Gasteiger partial charge in [0, 0.05) is 24.7 Å². The molecule has 5 nitrogen and oxygen atoms in total. The van der Waals surface area contributed by atoms with Gasteiger partial charge in [0.25, 0.3) is 0 Å². The number of hydrogen-bond acceptors (Lipinski definition) is 5. The van der Waals surface area contributed by atoms with Gasteiger partial charge in [-0.3, -0.25) is 4.79 Å². The van der Waals surface area contributed by atoms with Crippen LogP contribution in [-0.2, 0) is 14.3 Å². The van der Waals surface area contributed by atoms with Crippen LogP contribution in [0.2, 0.25) is 0 Å². The molecule has 0 aromatic rings. The molecule has 5 heteroatoms. The van der Waals surface area contributed by atoms with Crippen LogP contribution < -0.4 is 0 Å². The van der Waals surface area contributed by atoms with Crippen LogP contribution in [0.15, 0.2) is 0 Å². The fourth-order valence-corrected chi connectivity index (χ4v) is 5.04. The molecule has 2 N–H and O–H groups in total. The first-order chi connectivity index (χ1) is 9.96. The van der Waals surface area contributed by atoms with Crippen molar-refractivity contribution >= 4 is 12.3 Å². The van der Waals surface area contributed by atoms with E-state index in [1.54, 1.807) is 27.7 Å². The average molecular weight is 310 g/mol. The molecule has 3 aliphatic carbocycles. The number of aldehydes is 1. The molecule has 0 aromatic heterocycles. The van der Waals surface area contributed by atoms with E-state index in [1.165, 1.54) is 0 Å². The van der Waals surface area contributed by atoms with E-state index in [4.69, 9.17) is 4.74 Å². The molecule has 0 aliphatic heterocycles. The average Bonchev–Trinajstić information content (AvgIpc) is 2.32. The highest BCUT2D eigenvalue weighted by Gasteiger charge is 2.76. The van der Waals surface area contributed by atoms with Gasteiger partial charge < -0.3 is 19.7 Å². The number of carbonyl (C=O) groups excluding carboxylic acids is 2. The molecule has 0 bridgehead atoms. The summed E-state index contributed by atoms with van der Waals surface area (Å²) in [6.45, 7) is 6.80. The predicted molar refractivity (Wildman–Crippen MR) is 78.9 cm³/mol. The van der Waals surface area contributed by atoms with Gasteiger partial charge in [-0.2, -0.15) is 0 Å². The first-order valence-electron chi connectivity index (χ1n) is 8.09. The zero-order valence-electron chi connectivity index (χ0n) is 13.8. The SMILES string of the molecule is CC(C=O)C(C)(C)C(=O)OC12CC3CC(O)(CC(C)(O)C1)C32. The van der Waals surface area contributed by atoms with Gasteiger partial charge in [-0.05, 0) is 39.5 Å². The van der Waals surface area contributed by atoms with E-state index in [9.17, 15) is 19.8 Å². The molecule has 0 spiro atoms. The van der Waals surface area contributed by atoms with E-state index in [0.717, 1.165) is 6.29 Å². The van der Waals surface area contributed by atoms with Gasteiger partial charge in [-0.25, -0.2) is 0 Å². The van der Waals surface area contributed by atoms with Crippen molar-refractivity contribution in [2.75, 3.05) is 0 Å². The summed E-state index contributed by atoms with van der Waals surface area (Å²) in [6.07, 6.45) is 2.85. The Morgan fingerprint density at radius 3 is 2.50 bits per heavy atom. The number of rotatable bonds is 4. The van der Waals surface area contributed by atoms with Crippen LogP contribution in [0.25, 0.3) is 0 Å². The summed E-state index contributed by atoms with van der Waals surface area (Å²) in [5, 5.41) is 21.2. The Labute approximate surface area is 131 Å². The Morgan fingerprint density at radius 1 is 1.32 bits per heavy atom. The first kappa shape index (κ1) is 15.9. The second kappa shape index (κ2) is 4.32. The molecule has 3 rings (SSSR count). The third-order valence-corrected chi connectivity index (χ3v) is 6.37. The molecule has 22 heavy (non-hydrogen) atoms. The highest BCUT2D eigenvalue weighted by Crippen LogP contribution is 2.70. The van der Waals surface area contributed by atoms with Gasteiger partial charge in [0.15, 0.2) is 0 Å². The molecule has 0 aromatic carbocycles. The zero-order chi connectivity index (χ0) is 16.6. The molecule has 6 unspecified atom stereocenters. The van der Waals surface area contributed by atoms with E-state index in [-0.39, 0.29) is 5.92 Å². The first-order valence-corrected chi connectivity index (χ1v) is 8.09. The monoisotopic (exact) mass is 310 g/mol. The molecule has 124 valence electrons. The molecule has 0 heterocycles. The lowest BCUT2D eigenvalue weighted by Gasteiger charge is -2.73. The summed E-state index contributed by atoms with van der Waals surface area (Å²) >= 11 is 0. The lowest BCUT2D eigenvalue weighted by molar-refractivity contribution is -0.348. The fourth-order valence-electron chi connectivity index (χ4n) is 5.04. The standard InChI is InChI=1S/C17H26O5/c1-10(7-18)14(2,3)13(19)22-17-6-11-5-16(21,12(11)17)8-15(4,20)9-17/h7,10-12,20-21H,5-6,8-9H2,1-4H3. The second-order valence-corrected chi connectivity index (χ2v) is 8.70. The van der Waals surface area contributed by atoms with Gasteiger partial charge >= 0.3 is 5.97 Å². The summed E-state index contributed by atoms with van der Waals surface area (Å²) in [4.78, 5) is 23.6. The van der Waals surface area contributed by atoms with Crippen molar-refractivity contribution in [1.29, 1.82) is 0 Å². The van der Waals surface area contributed by atoms with Gasteiger partial charge in [0.05, 0.1) is 16.6 Å². The van der Waals surface area contributed by atoms with E-state index in [2.05, 4.69) is 0 Å². The van der Waals surface area contributed by atoms with Crippen molar-refractivity contribution in [3.05, 3.63) is 0 Å². The Morgan fingerprint density at radius 2 is 1.95 bits per heavy atom. The summed E-state index contributed by atoms with van der Waals surface area (Å²) in [5.41, 5.74) is -3.62. The highest BCUT2D eigenvalue weighted by atomic mass is 16.6. The Bertz CT molecular complexity index is 525. The van der Waals surface area contributed by atoms with Crippen LogP contribution in [0.4, 0.5) is 0 Å². The molecule has 3 fully saturated rings. The normalized spacial score (nSPS) is 47.5. The Kier molecular flexibility index (Phi) is 3.13. The minimum Gasteiger partial charge on any atom is -0.458 e. The molecule has 3 aliphatic rings. The molecular formula is C17H26O5. The molecule has 0 radical (unpaired) electrons. The van der Waals surface area contributed by atoms with Crippen molar-refractivity contribution in [3.8, 4) is 0 Å². The lowest BCUT2D eigenvalue weighted by Crippen LogP contribution is -2.79. The third-order valence-electron chi connectivity index (χ3n) is 6.37. The maximum Gasteiger partial charge on any atom is 0.312 e. The van der Waals surface area contributed by atoms with Gasteiger partial charge in [-0.15, -0.1) is 0 Å². The molecule has 0 amide bonds. The van der Waals surface area contributed by atoms with Crippen molar-refractivity contribution < 1.29 is 24.5 Å². The van der Waals surface area contributed by atoms with Gasteiger partial charge in [0.1, 0.15) is 11.9 Å². The van der Waals surface area contributed by atoms with E-state index >= 15 is 0 Å². The number of esters is 1. The maximum atomic E-state index is 12.6. The van der Waals surface area contributed by atoms with Crippen LogP contribution >= 0.6 is 0 Å². The quantitative estimate of drug-likeness (QED) is 0.606. The van der Waals surface area contributed by atoms with E-state index in [0.29, 0.717) is 31.6 Å². The molecular weight excluding hydrogens is 284 g/mol. The van der Waals surface area contributed by atoms with Gasteiger partial charge in [0.2, 0.25) is 0 Å². The maximum absolute atomic E-state index is 12.6. The summed E-state index contributed by atoms with van der Waals surface area (Å²) < 4.78 is 5.85. The smallest absolute Gasteiger partial charge is 0.312 e. The van der Waals surface area contributed by atoms with Crippen LogP contribution in [0.5, 0.6) is 0 Å². The van der Waals surface area contributed by atoms with Crippen molar-refractivity contribution in [2.45, 2.75) is 70.2 Å². The van der Waals surface area contributed by atoms with Crippen molar-refractivity contribution in [3.63, 3.8) is 0 Å². The van der Waals surface area contributed by atoms with Gasteiger partial charge in [-0.1, -0.05) is 6.92 Å². The van der Waals surface area contributed by atoms with Crippen molar-refractivity contribution in [1.82, 2.24) is 0 Å². The molecule has 0 saturated heterocycles. The fraction of sp³-hybridized carbons (Fsp3) is 0.882. The lowest BCUT2D eigenvalue weighted by atomic mass is 9.37. The summed E-state index contributed by atoms with van der Waals surface area (Å²) in [7, 11) is 0. The molecule has 6 atom stereocenters. The van der Waals surface area contributed by atoms with E-state index < -0.39 is 34.1 Å². The largest absolute Gasteiger partial charge is 0.458 e. The van der Waals surface area contributed by atoms with Crippen LogP contribution in [0, 0.1) is 23.2 Å².